The van der Waals surface area contributed by atoms with Gasteiger partial charge in [-0.05, 0) is 0 Å². The third-order valence-electron chi connectivity index (χ3n) is 1.83. The lowest BCUT2D eigenvalue weighted by molar-refractivity contribution is 0.380. The summed E-state index contributed by atoms with van der Waals surface area (Å²) in [5, 5.41) is -0.0340. The third-order valence-corrected chi connectivity index (χ3v) is 3.13. The van der Waals surface area contributed by atoms with Gasteiger partial charge in [-0.15, -0.1) is 0 Å². The van der Waals surface area contributed by atoms with Gasteiger partial charge in [-0.1, -0.05) is 0 Å². The summed E-state index contributed by atoms with van der Waals surface area (Å²) in [7, 11) is -2.26. The summed E-state index contributed by atoms with van der Waals surface area (Å²) in [6.07, 6.45) is 5.09. The van der Waals surface area contributed by atoms with E-state index < -0.39 is 10.0 Å². The second kappa shape index (κ2) is 4.37. The molecule has 0 aliphatic rings. The molecule has 0 amide bonds. The van der Waals surface area contributed by atoms with Gasteiger partial charge in [0, 0.05) is 0 Å². The Morgan fingerprint density at radius 1 is 1.29 bits per heavy atom. The average molecular weight is 255 g/mol. The predicted molar refractivity (Wildman–Crippen MR) is 58.0 cm³/mol. The first-order chi connectivity index (χ1) is 8.12. The third kappa shape index (κ3) is 2.50. The summed E-state index contributed by atoms with van der Waals surface area (Å²) >= 11 is 0. The number of methoxy groups -OCH3 is 1. The zero-order valence-corrected chi connectivity index (χ0v) is 9.60. The number of aromatic nitrogens is 4. The molecule has 0 unspecified atom stereocenters. The molecule has 0 bridgehead atoms. The van der Waals surface area contributed by atoms with Crippen LogP contribution in [0.4, 0.5) is 5.69 Å². The van der Waals surface area contributed by atoms with Gasteiger partial charge in [0.1, 0.15) is 0 Å². The molecular formula is C8H9N5O3S. The zero-order chi connectivity index (χ0) is 12.3. The van der Waals surface area contributed by atoms with Crippen LogP contribution in [-0.4, -0.2) is 35.5 Å². The molecule has 0 aliphatic carbocycles. The summed E-state index contributed by atoms with van der Waals surface area (Å²) in [6, 6.07) is 0.162. The molecule has 2 aromatic rings. The van der Waals surface area contributed by atoms with E-state index in [1.54, 1.807) is 0 Å². The first-order valence-corrected chi connectivity index (χ1v) is 5.97. The van der Waals surface area contributed by atoms with E-state index in [0.717, 1.165) is 0 Å². The van der Waals surface area contributed by atoms with E-state index in [4.69, 9.17) is 4.74 Å². The second-order valence-corrected chi connectivity index (χ2v) is 4.63. The number of ether oxygens (including phenoxy) is 1. The van der Waals surface area contributed by atoms with Gasteiger partial charge in [-0.25, -0.2) is 15.0 Å². The molecule has 0 saturated carbocycles. The molecule has 0 saturated heterocycles. The van der Waals surface area contributed by atoms with E-state index in [1.807, 2.05) is 0 Å². The first kappa shape index (κ1) is 11.3. The largest absolute Gasteiger partial charge is 0.467 e. The highest BCUT2D eigenvalue weighted by Crippen LogP contribution is 2.12. The van der Waals surface area contributed by atoms with Crippen LogP contribution in [-0.2, 0) is 10.0 Å². The fraction of sp³-hybridized carbons (Fsp3) is 0.125. The highest BCUT2D eigenvalue weighted by atomic mass is 32.2. The smallest absolute Gasteiger partial charge is 0.316 e. The van der Waals surface area contributed by atoms with Crippen molar-refractivity contribution < 1.29 is 13.2 Å². The topological polar surface area (TPSA) is 110 Å². The van der Waals surface area contributed by atoms with Gasteiger partial charge in [0.2, 0.25) is 0 Å². The lowest BCUT2D eigenvalue weighted by atomic mass is 10.6. The van der Waals surface area contributed by atoms with E-state index in [-0.39, 0.29) is 16.7 Å². The summed E-state index contributed by atoms with van der Waals surface area (Å²) in [4.78, 5) is 13.7. The van der Waals surface area contributed by atoms with Crippen LogP contribution in [0, 0.1) is 0 Å². The van der Waals surface area contributed by atoms with Crippen molar-refractivity contribution in [1.82, 2.24) is 19.9 Å². The number of H-pyrrole nitrogens is 1. The molecule has 2 rings (SSSR count). The SMILES string of the molecule is COc1ncc(NS(=O)(=O)c2cnc[nH]2)cn1. The molecule has 0 spiro atoms. The van der Waals surface area contributed by atoms with Gasteiger partial charge in [-0.3, -0.25) is 4.72 Å². The maximum atomic E-state index is 11.7. The van der Waals surface area contributed by atoms with Crippen LogP contribution >= 0.6 is 0 Å². The lowest BCUT2D eigenvalue weighted by Gasteiger charge is -2.05. The van der Waals surface area contributed by atoms with Crippen molar-refractivity contribution in [2.75, 3.05) is 11.8 Å². The molecular weight excluding hydrogens is 246 g/mol. The van der Waals surface area contributed by atoms with Crippen LogP contribution in [0.25, 0.3) is 0 Å². The Morgan fingerprint density at radius 3 is 2.53 bits per heavy atom. The average Bonchev–Trinajstić information content (AvgIpc) is 2.84. The summed E-state index contributed by atoms with van der Waals surface area (Å²) in [6.45, 7) is 0. The van der Waals surface area contributed by atoms with Crippen molar-refractivity contribution in [3.05, 3.63) is 24.9 Å². The molecule has 90 valence electrons. The van der Waals surface area contributed by atoms with Crippen LogP contribution in [0.5, 0.6) is 6.01 Å². The summed E-state index contributed by atoms with van der Waals surface area (Å²) < 4.78 is 30.5. The van der Waals surface area contributed by atoms with Gasteiger partial charge in [0.15, 0.2) is 5.03 Å². The fourth-order valence-corrected chi connectivity index (χ4v) is 2.01. The quantitative estimate of drug-likeness (QED) is 0.796. The van der Waals surface area contributed by atoms with Crippen molar-refractivity contribution >= 4 is 15.7 Å². The molecule has 0 aromatic carbocycles. The van der Waals surface area contributed by atoms with Crippen LogP contribution in [0.15, 0.2) is 29.9 Å². The molecule has 8 nitrogen and oxygen atoms in total. The van der Waals surface area contributed by atoms with Crippen molar-refractivity contribution in [3.63, 3.8) is 0 Å². The van der Waals surface area contributed by atoms with E-state index >= 15 is 0 Å². The van der Waals surface area contributed by atoms with E-state index in [1.165, 1.54) is 32.0 Å². The highest BCUT2D eigenvalue weighted by molar-refractivity contribution is 7.92. The van der Waals surface area contributed by atoms with Crippen molar-refractivity contribution in [1.29, 1.82) is 0 Å². The fourth-order valence-electron chi connectivity index (χ4n) is 1.07. The maximum absolute atomic E-state index is 11.7. The number of nitrogens with one attached hydrogen (secondary N) is 2. The summed E-state index contributed by atoms with van der Waals surface area (Å²) in [5.74, 6) is 0. The second-order valence-electron chi connectivity index (χ2n) is 2.98. The lowest BCUT2D eigenvalue weighted by Crippen LogP contribution is -2.13. The Hall–Kier alpha value is -2.16. The van der Waals surface area contributed by atoms with E-state index in [0.29, 0.717) is 0 Å². The number of sulfonamides is 1. The van der Waals surface area contributed by atoms with Gasteiger partial charge < -0.3 is 9.72 Å². The number of rotatable bonds is 4. The normalized spacial score (nSPS) is 11.1. The minimum Gasteiger partial charge on any atom is -0.467 e. The van der Waals surface area contributed by atoms with Crippen molar-refractivity contribution in [2.24, 2.45) is 0 Å². The van der Waals surface area contributed by atoms with Gasteiger partial charge in [0.05, 0.1) is 37.7 Å². The Kier molecular flexibility index (Phi) is 2.91. The van der Waals surface area contributed by atoms with Crippen LogP contribution in [0.1, 0.15) is 0 Å². The van der Waals surface area contributed by atoms with Crippen LogP contribution in [0.2, 0.25) is 0 Å². The molecule has 9 heteroatoms. The minimum absolute atomic E-state index is 0.0340. The number of nitrogens with zero attached hydrogens (tertiary/aromatic N) is 3. The first-order valence-electron chi connectivity index (χ1n) is 4.49. The Labute approximate surface area is 97.1 Å². The molecule has 17 heavy (non-hydrogen) atoms. The van der Waals surface area contributed by atoms with Crippen LogP contribution < -0.4 is 9.46 Å². The molecule has 0 radical (unpaired) electrons. The number of aromatic amines is 1. The van der Waals surface area contributed by atoms with Gasteiger partial charge >= 0.3 is 6.01 Å². The maximum Gasteiger partial charge on any atom is 0.316 e. The highest BCUT2D eigenvalue weighted by Gasteiger charge is 2.15. The van der Waals surface area contributed by atoms with E-state index in [2.05, 4.69) is 24.7 Å². The molecule has 0 fully saturated rings. The molecule has 0 atom stereocenters. The predicted octanol–water partition coefficient (Wildman–Crippen LogP) is 0.00910. The summed E-state index contributed by atoms with van der Waals surface area (Å²) in [5.41, 5.74) is 0.236. The van der Waals surface area contributed by atoms with E-state index in [9.17, 15) is 8.42 Å². The number of imidazole rings is 1. The monoisotopic (exact) mass is 255 g/mol. The van der Waals surface area contributed by atoms with Crippen molar-refractivity contribution in [3.8, 4) is 6.01 Å². The van der Waals surface area contributed by atoms with Crippen LogP contribution in [0.3, 0.4) is 0 Å². The Morgan fingerprint density at radius 2 is 2.00 bits per heavy atom. The number of hydrogen-bond donors (Lipinski definition) is 2. The van der Waals surface area contributed by atoms with Gasteiger partial charge in [0.25, 0.3) is 10.0 Å². The zero-order valence-electron chi connectivity index (χ0n) is 8.78. The standard InChI is InChI=1S/C8H9N5O3S/c1-16-8-10-2-6(3-11-8)13-17(14,15)7-4-9-5-12-7/h2-5,13H,1H3,(H,9,12). The Bertz CT molecular complexity index is 578. The van der Waals surface area contributed by atoms with Gasteiger partial charge in [-0.2, -0.15) is 8.42 Å². The Balaban J connectivity index is 2.21. The minimum atomic E-state index is -3.68. The molecule has 2 heterocycles. The number of hydrogen-bond acceptors (Lipinski definition) is 6. The molecule has 2 N–H and O–H groups in total. The molecule has 2 aromatic heterocycles. The molecule has 0 aliphatic heterocycles. The number of anilines is 1. The van der Waals surface area contributed by atoms with Crippen molar-refractivity contribution in [2.45, 2.75) is 5.03 Å².